The summed E-state index contributed by atoms with van der Waals surface area (Å²) in [6.07, 6.45) is 1.49. The lowest BCUT2D eigenvalue weighted by Crippen LogP contribution is -2.18. The average molecular weight is 385 g/mol. The number of nitrogens with zero attached hydrogens (tertiary/aromatic N) is 2. The number of rotatable bonds is 4. The molecule has 4 rings (SSSR count). The van der Waals surface area contributed by atoms with E-state index in [1.165, 1.54) is 30.5 Å². The maximum Gasteiger partial charge on any atom is 0.272 e. The van der Waals surface area contributed by atoms with Crippen molar-refractivity contribution in [1.29, 1.82) is 0 Å². The zero-order valence-corrected chi connectivity index (χ0v) is 15.2. The predicted molar refractivity (Wildman–Crippen MR) is 110 cm³/mol. The molecule has 1 heterocycles. The molecule has 0 atom stereocenters. The van der Waals surface area contributed by atoms with Crippen molar-refractivity contribution in [3.8, 4) is 17.0 Å². The van der Waals surface area contributed by atoms with Crippen LogP contribution in [-0.2, 0) is 0 Å². The number of hydrogen-bond donors (Lipinski definition) is 2. The summed E-state index contributed by atoms with van der Waals surface area (Å²) in [6, 6.07) is 21.4. The smallest absolute Gasteiger partial charge is 0.272 e. The fourth-order valence-electron chi connectivity index (χ4n) is 2.92. The second-order valence-electron chi connectivity index (χ2n) is 6.37. The highest BCUT2D eigenvalue weighted by atomic mass is 19.1. The summed E-state index contributed by atoms with van der Waals surface area (Å²) in [4.78, 5) is 17.4. The van der Waals surface area contributed by atoms with Crippen LogP contribution < -0.4 is 5.43 Å². The number of hydrazone groups is 1. The number of halogens is 1. The molecule has 0 aliphatic carbocycles. The fraction of sp³-hybridized carbons (Fsp3) is 0. The lowest BCUT2D eigenvalue weighted by Gasteiger charge is -2.09. The second-order valence-corrected chi connectivity index (χ2v) is 6.37. The Morgan fingerprint density at radius 3 is 2.48 bits per heavy atom. The molecule has 0 fully saturated rings. The van der Waals surface area contributed by atoms with E-state index in [0.717, 1.165) is 5.56 Å². The molecule has 142 valence electrons. The number of amides is 1. The quantitative estimate of drug-likeness (QED) is 0.401. The molecule has 4 aromatic rings. The number of para-hydroxylation sites is 1. The highest BCUT2D eigenvalue weighted by molar-refractivity contribution is 6.07. The first-order valence-electron chi connectivity index (χ1n) is 8.88. The van der Waals surface area contributed by atoms with Crippen molar-refractivity contribution in [3.05, 3.63) is 95.8 Å². The van der Waals surface area contributed by atoms with Gasteiger partial charge in [-0.2, -0.15) is 5.10 Å². The van der Waals surface area contributed by atoms with Gasteiger partial charge in [0, 0.05) is 10.9 Å². The third-order valence-electron chi connectivity index (χ3n) is 4.37. The highest BCUT2D eigenvalue weighted by Crippen LogP contribution is 2.25. The molecule has 29 heavy (non-hydrogen) atoms. The number of aromatic hydroxyl groups is 1. The minimum Gasteiger partial charge on any atom is -0.508 e. The first kappa shape index (κ1) is 18.3. The molecule has 5 nitrogen and oxygen atoms in total. The van der Waals surface area contributed by atoms with E-state index in [2.05, 4.69) is 15.5 Å². The monoisotopic (exact) mass is 385 g/mol. The van der Waals surface area contributed by atoms with Crippen molar-refractivity contribution in [1.82, 2.24) is 10.4 Å². The number of benzene rings is 3. The number of pyridine rings is 1. The van der Waals surface area contributed by atoms with Crippen LogP contribution in [-0.4, -0.2) is 22.2 Å². The van der Waals surface area contributed by atoms with Crippen LogP contribution in [0.4, 0.5) is 4.39 Å². The van der Waals surface area contributed by atoms with Crippen LogP contribution in [0.1, 0.15) is 15.9 Å². The first-order valence-corrected chi connectivity index (χ1v) is 8.88. The third kappa shape index (κ3) is 4.11. The van der Waals surface area contributed by atoms with Crippen molar-refractivity contribution in [2.75, 3.05) is 0 Å². The van der Waals surface area contributed by atoms with Crippen molar-refractivity contribution >= 4 is 23.0 Å². The van der Waals surface area contributed by atoms with Gasteiger partial charge in [0.15, 0.2) is 0 Å². The number of carbonyl (C=O) groups is 1. The molecule has 6 heteroatoms. The summed E-state index contributed by atoms with van der Waals surface area (Å²) in [7, 11) is 0. The number of phenolic OH excluding ortho intramolecular Hbond substituents is 1. The Labute approximate surface area is 166 Å². The Morgan fingerprint density at radius 1 is 1.00 bits per heavy atom. The van der Waals surface area contributed by atoms with E-state index in [9.17, 15) is 14.3 Å². The third-order valence-corrected chi connectivity index (χ3v) is 4.37. The van der Waals surface area contributed by atoms with Crippen molar-refractivity contribution < 1.29 is 14.3 Å². The fourth-order valence-corrected chi connectivity index (χ4v) is 2.92. The summed E-state index contributed by atoms with van der Waals surface area (Å²) in [5, 5.41) is 14.0. The van der Waals surface area contributed by atoms with Gasteiger partial charge in [0.2, 0.25) is 0 Å². The topological polar surface area (TPSA) is 74.6 Å². The average Bonchev–Trinajstić information content (AvgIpc) is 2.75. The summed E-state index contributed by atoms with van der Waals surface area (Å²) < 4.78 is 13.3. The molecule has 0 saturated carbocycles. The van der Waals surface area contributed by atoms with E-state index >= 15 is 0 Å². The standard InChI is InChI=1S/C23H16FN3O2/c24-17-9-7-16(8-10-17)22-13-20(19-3-1-2-4-21(19)26-22)23(29)27-25-14-15-5-11-18(28)12-6-15/h1-14,28H,(H,27,29)/b25-14+. The van der Waals surface area contributed by atoms with Gasteiger partial charge in [-0.05, 0) is 66.2 Å². The number of phenols is 1. The van der Waals surface area contributed by atoms with Gasteiger partial charge in [-0.15, -0.1) is 0 Å². The summed E-state index contributed by atoms with van der Waals surface area (Å²) in [5.74, 6) is -0.569. The van der Waals surface area contributed by atoms with Crippen molar-refractivity contribution in [2.24, 2.45) is 5.10 Å². The van der Waals surface area contributed by atoms with Crippen LogP contribution in [0.2, 0.25) is 0 Å². The molecule has 2 N–H and O–H groups in total. The zero-order chi connectivity index (χ0) is 20.2. The van der Waals surface area contributed by atoms with Gasteiger partial charge < -0.3 is 5.11 Å². The summed E-state index contributed by atoms with van der Waals surface area (Å²) >= 11 is 0. The predicted octanol–water partition coefficient (Wildman–Crippen LogP) is 4.51. The molecule has 0 bridgehead atoms. The van der Waals surface area contributed by atoms with Crippen LogP contribution in [0.15, 0.2) is 84.0 Å². The van der Waals surface area contributed by atoms with Crippen molar-refractivity contribution in [2.45, 2.75) is 0 Å². The Balaban J connectivity index is 1.67. The van der Waals surface area contributed by atoms with Gasteiger partial charge >= 0.3 is 0 Å². The second kappa shape index (κ2) is 7.90. The van der Waals surface area contributed by atoms with E-state index in [1.54, 1.807) is 30.3 Å². The van der Waals surface area contributed by atoms with E-state index in [0.29, 0.717) is 27.7 Å². The van der Waals surface area contributed by atoms with Gasteiger partial charge in [-0.3, -0.25) is 4.79 Å². The number of nitrogens with one attached hydrogen (secondary N) is 1. The molecule has 0 saturated heterocycles. The lowest BCUT2D eigenvalue weighted by atomic mass is 10.0. The Morgan fingerprint density at radius 2 is 1.72 bits per heavy atom. The summed E-state index contributed by atoms with van der Waals surface area (Å²) in [6.45, 7) is 0. The molecular weight excluding hydrogens is 369 g/mol. The molecule has 0 aliphatic rings. The molecule has 0 radical (unpaired) electrons. The molecular formula is C23H16FN3O2. The van der Waals surface area contributed by atoms with Crippen LogP contribution >= 0.6 is 0 Å². The molecule has 3 aromatic carbocycles. The number of hydrogen-bond acceptors (Lipinski definition) is 4. The van der Waals surface area contributed by atoms with Gasteiger partial charge in [-0.25, -0.2) is 14.8 Å². The Bertz CT molecular complexity index is 1200. The van der Waals surface area contributed by atoms with Crippen LogP contribution in [0.3, 0.4) is 0 Å². The maximum atomic E-state index is 13.3. The van der Waals surface area contributed by atoms with E-state index in [1.807, 2.05) is 24.3 Å². The maximum absolute atomic E-state index is 13.3. The number of carbonyl (C=O) groups excluding carboxylic acids is 1. The Kier molecular flexibility index (Phi) is 4.99. The minimum atomic E-state index is -0.387. The van der Waals surface area contributed by atoms with Crippen LogP contribution in [0.5, 0.6) is 5.75 Å². The lowest BCUT2D eigenvalue weighted by molar-refractivity contribution is 0.0956. The highest BCUT2D eigenvalue weighted by Gasteiger charge is 2.13. The zero-order valence-electron chi connectivity index (χ0n) is 15.2. The van der Waals surface area contributed by atoms with Gasteiger partial charge in [-0.1, -0.05) is 18.2 Å². The van der Waals surface area contributed by atoms with E-state index in [-0.39, 0.29) is 17.5 Å². The van der Waals surface area contributed by atoms with E-state index < -0.39 is 0 Å². The number of aromatic nitrogens is 1. The SMILES string of the molecule is O=C(N/N=C/c1ccc(O)cc1)c1cc(-c2ccc(F)cc2)nc2ccccc12. The van der Waals surface area contributed by atoms with Crippen LogP contribution in [0.25, 0.3) is 22.2 Å². The largest absolute Gasteiger partial charge is 0.508 e. The van der Waals surface area contributed by atoms with Crippen LogP contribution in [0, 0.1) is 5.82 Å². The normalized spacial score (nSPS) is 11.1. The Hall–Kier alpha value is -4.06. The van der Waals surface area contributed by atoms with E-state index in [4.69, 9.17) is 0 Å². The van der Waals surface area contributed by atoms with Gasteiger partial charge in [0.05, 0.1) is 23.0 Å². The molecule has 1 amide bonds. The first-order chi connectivity index (χ1) is 14.1. The minimum absolute atomic E-state index is 0.155. The van der Waals surface area contributed by atoms with Crippen molar-refractivity contribution in [3.63, 3.8) is 0 Å². The van der Waals surface area contributed by atoms with Gasteiger partial charge in [0.25, 0.3) is 5.91 Å². The molecule has 0 aliphatic heterocycles. The molecule has 0 unspecified atom stereocenters. The molecule has 0 spiro atoms. The van der Waals surface area contributed by atoms with Gasteiger partial charge in [0.1, 0.15) is 11.6 Å². The summed E-state index contributed by atoms with van der Waals surface area (Å²) in [5.41, 5.74) is 5.60. The molecule has 1 aromatic heterocycles. The number of fused-ring (bicyclic) bond motifs is 1.